The fraction of sp³-hybridized carbons (Fsp3) is 0.364. The minimum Gasteiger partial charge on any atom is -0.496 e. The van der Waals surface area contributed by atoms with E-state index in [0.29, 0.717) is 5.75 Å². The van der Waals surface area contributed by atoms with E-state index in [-0.39, 0.29) is 42.5 Å². The van der Waals surface area contributed by atoms with Gasteiger partial charge in [0.15, 0.2) is 6.61 Å². The highest BCUT2D eigenvalue weighted by Crippen LogP contribution is 2.26. The maximum atomic E-state index is 12.8. The highest BCUT2D eigenvalue weighted by molar-refractivity contribution is 7.98. The van der Waals surface area contributed by atoms with Gasteiger partial charge in [-0.1, -0.05) is 17.7 Å². The smallest absolute Gasteiger partial charge is 0.342 e. The van der Waals surface area contributed by atoms with E-state index in [0.717, 1.165) is 10.5 Å². The second kappa shape index (κ2) is 10.4. The van der Waals surface area contributed by atoms with Crippen LogP contribution in [0.1, 0.15) is 15.9 Å². The van der Waals surface area contributed by atoms with Crippen molar-refractivity contribution in [2.75, 3.05) is 46.2 Å². The number of thioether (sulfide) groups is 1. The van der Waals surface area contributed by atoms with E-state index in [1.807, 2.05) is 13.2 Å². The first-order chi connectivity index (χ1) is 15.3. The molecule has 0 aliphatic carbocycles. The number of rotatable bonds is 7. The van der Waals surface area contributed by atoms with Crippen LogP contribution in [0.25, 0.3) is 0 Å². The minimum atomic E-state index is -3.61. The van der Waals surface area contributed by atoms with Crippen LogP contribution in [0, 0.1) is 6.92 Å². The predicted molar refractivity (Wildman–Crippen MR) is 122 cm³/mol. The molecule has 0 N–H and O–H groups in total. The Hall–Kier alpha value is -2.56. The molecule has 1 amide bonds. The lowest BCUT2D eigenvalue weighted by Crippen LogP contribution is -2.51. The lowest BCUT2D eigenvalue weighted by atomic mass is 10.2. The Kier molecular flexibility index (Phi) is 7.81. The number of hydrogen-bond acceptors (Lipinski definition) is 7. The van der Waals surface area contributed by atoms with Crippen molar-refractivity contribution in [1.29, 1.82) is 0 Å². The van der Waals surface area contributed by atoms with Gasteiger partial charge in [-0.2, -0.15) is 4.31 Å². The van der Waals surface area contributed by atoms with Crippen molar-refractivity contribution in [3.8, 4) is 5.75 Å². The molecule has 8 nitrogen and oxygen atoms in total. The molecule has 0 aromatic heterocycles. The van der Waals surface area contributed by atoms with Gasteiger partial charge < -0.3 is 14.4 Å². The molecule has 0 saturated carbocycles. The lowest BCUT2D eigenvalue weighted by Gasteiger charge is -2.33. The summed E-state index contributed by atoms with van der Waals surface area (Å²) in [6, 6.07) is 11.8. The Labute approximate surface area is 192 Å². The van der Waals surface area contributed by atoms with Crippen molar-refractivity contribution in [3.05, 3.63) is 53.6 Å². The summed E-state index contributed by atoms with van der Waals surface area (Å²) in [5, 5.41) is 0. The standard InChI is InChI=1S/C22H26N2O6S2/c1-16-4-7-18(8-5-16)32(27,28)24-12-10-23(11-13-24)21(25)15-30-22(26)19-9-6-17(31-3)14-20(19)29-2/h4-9,14H,10-13,15H2,1-3H3. The Morgan fingerprint density at radius 2 is 1.69 bits per heavy atom. The largest absolute Gasteiger partial charge is 0.496 e. The van der Waals surface area contributed by atoms with E-state index in [2.05, 4.69) is 0 Å². The second-order valence-electron chi connectivity index (χ2n) is 7.24. The molecule has 32 heavy (non-hydrogen) atoms. The van der Waals surface area contributed by atoms with Gasteiger partial charge in [-0.15, -0.1) is 11.8 Å². The highest BCUT2D eigenvalue weighted by Gasteiger charge is 2.30. The number of carbonyl (C=O) groups excluding carboxylic acids is 2. The van der Waals surface area contributed by atoms with Crippen molar-refractivity contribution < 1.29 is 27.5 Å². The molecule has 1 heterocycles. The molecule has 0 atom stereocenters. The van der Waals surface area contributed by atoms with Crippen LogP contribution in [0.3, 0.4) is 0 Å². The van der Waals surface area contributed by atoms with Crippen molar-refractivity contribution in [2.45, 2.75) is 16.7 Å². The van der Waals surface area contributed by atoms with E-state index in [1.54, 1.807) is 42.5 Å². The summed E-state index contributed by atoms with van der Waals surface area (Å²) in [7, 11) is -2.14. The number of esters is 1. The fourth-order valence-corrected chi connectivity index (χ4v) is 5.15. The Balaban J connectivity index is 1.55. The molecule has 2 aromatic carbocycles. The molecule has 3 rings (SSSR count). The molecule has 1 fully saturated rings. The number of piperazine rings is 1. The van der Waals surface area contributed by atoms with Gasteiger partial charge in [0.1, 0.15) is 11.3 Å². The third-order valence-electron chi connectivity index (χ3n) is 5.21. The molecule has 10 heteroatoms. The van der Waals surface area contributed by atoms with Gasteiger partial charge in [0.25, 0.3) is 5.91 Å². The average molecular weight is 479 g/mol. The molecular weight excluding hydrogens is 452 g/mol. The van der Waals surface area contributed by atoms with Crippen molar-refractivity contribution in [2.24, 2.45) is 0 Å². The normalized spacial score (nSPS) is 14.8. The van der Waals surface area contributed by atoms with E-state index < -0.39 is 22.6 Å². The third kappa shape index (κ3) is 5.43. The zero-order valence-electron chi connectivity index (χ0n) is 18.2. The molecule has 1 aliphatic rings. The maximum Gasteiger partial charge on any atom is 0.342 e. The monoisotopic (exact) mass is 478 g/mol. The first-order valence-corrected chi connectivity index (χ1v) is 12.7. The lowest BCUT2D eigenvalue weighted by molar-refractivity contribution is -0.135. The van der Waals surface area contributed by atoms with Crippen LogP contribution in [-0.4, -0.2) is 75.7 Å². The zero-order valence-corrected chi connectivity index (χ0v) is 19.9. The quantitative estimate of drug-likeness (QED) is 0.446. The summed E-state index contributed by atoms with van der Waals surface area (Å²) in [4.78, 5) is 27.6. The molecule has 1 saturated heterocycles. The van der Waals surface area contributed by atoms with Crippen LogP contribution in [0.4, 0.5) is 0 Å². The molecule has 1 aliphatic heterocycles. The van der Waals surface area contributed by atoms with Gasteiger partial charge >= 0.3 is 5.97 Å². The van der Waals surface area contributed by atoms with Crippen LogP contribution in [0.2, 0.25) is 0 Å². The van der Waals surface area contributed by atoms with Crippen LogP contribution >= 0.6 is 11.8 Å². The summed E-state index contributed by atoms with van der Waals surface area (Å²) < 4.78 is 37.4. The fourth-order valence-electron chi connectivity index (χ4n) is 3.30. The van der Waals surface area contributed by atoms with Crippen LogP contribution < -0.4 is 4.74 Å². The number of nitrogens with zero attached hydrogens (tertiary/aromatic N) is 2. The van der Waals surface area contributed by atoms with Crippen molar-refractivity contribution in [3.63, 3.8) is 0 Å². The van der Waals surface area contributed by atoms with Gasteiger partial charge in [0, 0.05) is 31.1 Å². The van der Waals surface area contributed by atoms with E-state index in [9.17, 15) is 18.0 Å². The average Bonchev–Trinajstić information content (AvgIpc) is 2.82. The van der Waals surface area contributed by atoms with E-state index in [1.165, 1.54) is 28.1 Å². The first-order valence-electron chi connectivity index (χ1n) is 10.00. The Bertz CT molecular complexity index is 1080. The Morgan fingerprint density at radius 3 is 2.28 bits per heavy atom. The van der Waals surface area contributed by atoms with Crippen LogP contribution in [0.15, 0.2) is 52.3 Å². The maximum absolute atomic E-state index is 12.8. The van der Waals surface area contributed by atoms with Gasteiger partial charge in [0.05, 0.1) is 12.0 Å². The number of amides is 1. The van der Waals surface area contributed by atoms with Gasteiger partial charge in [0.2, 0.25) is 10.0 Å². The summed E-state index contributed by atoms with van der Waals surface area (Å²) in [5.74, 6) is -0.641. The minimum absolute atomic E-state index is 0.180. The van der Waals surface area contributed by atoms with Gasteiger partial charge in [-0.25, -0.2) is 13.2 Å². The zero-order chi connectivity index (χ0) is 23.3. The number of benzene rings is 2. The molecule has 0 spiro atoms. The first kappa shape index (κ1) is 24.1. The molecule has 172 valence electrons. The molecule has 0 bridgehead atoms. The number of carbonyl (C=O) groups is 2. The summed E-state index contributed by atoms with van der Waals surface area (Å²) >= 11 is 1.52. The summed E-state index contributed by atoms with van der Waals surface area (Å²) in [6.45, 7) is 2.29. The highest BCUT2D eigenvalue weighted by atomic mass is 32.2. The molecule has 2 aromatic rings. The summed E-state index contributed by atoms with van der Waals surface area (Å²) in [6.07, 6.45) is 1.91. The van der Waals surface area contributed by atoms with Crippen LogP contribution in [-0.2, 0) is 19.6 Å². The molecule has 0 radical (unpaired) electrons. The Morgan fingerprint density at radius 1 is 1.03 bits per heavy atom. The molecular formula is C22H26N2O6S2. The third-order valence-corrected chi connectivity index (χ3v) is 7.84. The number of hydrogen-bond donors (Lipinski definition) is 0. The number of methoxy groups -OCH3 is 1. The molecule has 0 unspecified atom stereocenters. The van der Waals surface area contributed by atoms with Gasteiger partial charge in [-0.3, -0.25) is 4.79 Å². The summed E-state index contributed by atoms with van der Waals surface area (Å²) in [5.41, 5.74) is 1.22. The van der Waals surface area contributed by atoms with Crippen molar-refractivity contribution in [1.82, 2.24) is 9.21 Å². The van der Waals surface area contributed by atoms with Gasteiger partial charge in [-0.05, 0) is 43.5 Å². The number of aryl methyl sites for hydroxylation is 1. The number of sulfonamides is 1. The predicted octanol–water partition coefficient (Wildman–Crippen LogP) is 2.42. The topological polar surface area (TPSA) is 93.2 Å². The number of ether oxygens (including phenoxy) is 2. The van der Waals surface area contributed by atoms with E-state index >= 15 is 0 Å². The van der Waals surface area contributed by atoms with Crippen molar-refractivity contribution >= 4 is 33.7 Å². The van der Waals surface area contributed by atoms with E-state index in [4.69, 9.17) is 9.47 Å². The van der Waals surface area contributed by atoms with Crippen LogP contribution in [0.5, 0.6) is 5.75 Å². The second-order valence-corrected chi connectivity index (χ2v) is 10.1. The SMILES string of the molecule is COc1cc(SC)ccc1C(=O)OCC(=O)N1CCN(S(=O)(=O)c2ccc(C)cc2)CC1.